The number of ether oxygens (including phenoxy) is 1. The van der Waals surface area contributed by atoms with E-state index in [-0.39, 0.29) is 19.2 Å². The van der Waals surface area contributed by atoms with E-state index in [9.17, 15) is 4.79 Å². The Kier molecular flexibility index (Phi) is 16.3. The van der Waals surface area contributed by atoms with E-state index in [4.69, 9.17) is 14.9 Å². The van der Waals surface area contributed by atoms with Gasteiger partial charge in [-0.2, -0.15) is 0 Å². The van der Waals surface area contributed by atoms with Crippen molar-refractivity contribution < 1.29 is 19.7 Å². The number of carbonyl (C=O) groups is 1. The van der Waals surface area contributed by atoms with Crippen molar-refractivity contribution in [2.24, 2.45) is 0 Å². The van der Waals surface area contributed by atoms with E-state index in [2.05, 4.69) is 6.92 Å². The summed E-state index contributed by atoms with van der Waals surface area (Å²) in [6.07, 6.45) is 14.7. The molecule has 0 unspecified atom stereocenters. The van der Waals surface area contributed by atoms with Crippen LogP contribution < -0.4 is 0 Å². The second-order valence-corrected chi connectivity index (χ2v) is 6.16. The third kappa shape index (κ3) is 15.8. The summed E-state index contributed by atoms with van der Waals surface area (Å²) in [5.41, 5.74) is 0. The number of aliphatic hydroxyl groups excluding tert-OH is 2. The van der Waals surface area contributed by atoms with Crippen LogP contribution in [-0.4, -0.2) is 35.5 Å². The van der Waals surface area contributed by atoms with Gasteiger partial charge in [-0.15, -0.1) is 0 Å². The fraction of sp³-hybridized carbons (Fsp3) is 0.944. The van der Waals surface area contributed by atoms with Gasteiger partial charge in [0, 0.05) is 6.42 Å². The predicted molar refractivity (Wildman–Crippen MR) is 89.7 cm³/mol. The maximum atomic E-state index is 11.3. The van der Waals surface area contributed by atoms with Crippen molar-refractivity contribution in [1.29, 1.82) is 0 Å². The average Bonchev–Trinajstić information content (AvgIpc) is 2.53. The van der Waals surface area contributed by atoms with Gasteiger partial charge in [-0.3, -0.25) is 4.79 Å². The Balaban J connectivity index is 3.15. The predicted octanol–water partition coefficient (Wildman–Crippen LogP) is 3.97. The lowest BCUT2D eigenvalue weighted by Crippen LogP contribution is -2.21. The molecule has 0 rings (SSSR count). The zero-order chi connectivity index (χ0) is 16.5. The first-order valence-electron chi connectivity index (χ1n) is 9.15. The van der Waals surface area contributed by atoms with Crippen LogP contribution in [0.5, 0.6) is 0 Å². The van der Waals surface area contributed by atoms with E-state index in [0.717, 1.165) is 12.8 Å². The van der Waals surface area contributed by atoms with Crippen LogP contribution in [0, 0.1) is 0 Å². The lowest BCUT2D eigenvalue weighted by atomic mass is 10.0. The number of hydrogen-bond donors (Lipinski definition) is 2. The Hall–Kier alpha value is -0.610. The van der Waals surface area contributed by atoms with Gasteiger partial charge in [0.2, 0.25) is 0 Å². The summed E-state index contributed by atoms with van der Waals surface area (Å²) < 4.78 is 4.85. The molecular formula is C18H36O4. The van der Waals surface area contributed by atoms with E-state index in [1.807, 2.05) is 0 Å². The molecule has 0 aromatic carbocycles. The first-order chi connectivity index (χ1) is 10.7. The van der Waals surface area contributed by atoms with E-state index in [1.54, 1.807) is 0 Å². The summed E-state index contributed by atoms with van der Waals surface area (Å²) in [4.78, 5) is 11.3. The third-order valence-corrected chi connectivity index (χ3v) is 3.88. The largest absolute Gasteiger partial charge is 0.463 e. The zero-order valence-corrected chi connectivity index (χ0v) is 14.4. The molecule has 2 N–H and O–H groups in total. The van der Waals surface area contributed by atoms with Gasteiger partial charge < -0.3 is 14.9 Å². The molecule has 0 aliphatic carbocycles. The molecule has 0 bridgehead atoms. The van der Waals surface area contributed by atoms with E-state index < -0.39 is 6.10 Å². The van der Waals surface area contributed by atoms with Crippen LogP contribution in [0.1, 0.15) is 90.4 Å². The Labute approximate surface area is 136 Å². The molecule has 0 aliphatic heterocycles. The monoisotopic (exact) mass is 316 g/mol. The SMILES string of the molecule is CCCCCCCCCCCCCCC(=O)OC[C@@H](O)CO. The summed E-state index contributed by atoms with van der Waals surface area (Å²) in [6.45, 7) is 1.78. The fourth-order valence-corrected chi connectivity index (χ4v) is 2.42. The number of aliphatic hydroxyl groups is 2. The molecule has 0 aliphatic rings. The summed E-state index contributed by atoms with van der Waals surface area (Å²) in [5.74, 6) is -0.278. The normalized spacial score (nSPS) is 12.3. The molecule has 132 valence electrons. The molecule has 1 atom stereocenters. The Morgan fingerprint density at radius 2 is 1.32 bits per heavy atom. The lowest BCUT2D eigenvalue weighted by molar-refractivity contribution is -0.147. The number of carbonyl (C=O) groups excluding carboxylic acids is 1. The number of rotatable bonds is 16. The fourth-order valence-electron chi connectivity index (χ4n) is 2.42. The first kappa shape index (κ1) is 21.4. The van der Waals surface area contributed by atoms with Gasteiger partial charge in [-0.25, -0.2) is 0 Å². The molecular weight excluding hydrogens is 280 g/mol. The van der Waals surface area contributed by atoms with Gasteiger partial charge in [0.05, 0.1) is 6.61 Å². The van der Waals surface area contributed by atoms with Crippen LogP contribution in [0.15, 0.2) is 0 Å². The van der Waals surface area contributed by atoms with Crippen LogP contribution in [-0.2, 0) is 9.53 Å². The van der Waals surface area contributed by atoms with Gasteiger partial charge in [0.15, 0.2) is 0 Å². The molecule has 0 saturated heterocycles. The first-order valence-corrected chi connectivity index (χ1v) is 9.15. The van der Waals surface area contributed by atoms with Gasteiger partial charge >= 0.3 is 5.97 Å². The molecule has 22 heavy (non-hydrogen) atoms. The van der Waals surface area contributed by atoms with E-state index >= 15 is 0 Å². The topological polar surface area (TPSA) is 66.8 Å². The minimum Gasteiger partial charge on any atom is -0.463 e. The highest BCUT2D eigenvalue weighted by molar-refractivity contribution is 5.69. The maximum absolute atomic E-state index is 11.3. The van der Waals surface area contributed by atoms with Crippen molar-refractivity contribution in [3.05, 3.63) is 0 Å². The second-order valence-electron chi connectivity index (χ2n) is 6.16. The molecule has 0 saturated carbocycles. The summed E-state index contributed by atoms with van der Waals surface area (Å²) >= 11 is 0. The van der Waals surface area contributed by atoms with Crippen LogP contribution in [0.4, 0.5) is 0 Å². The summed E-state index contributed by atoms with van der Waals surface area (Å²) in [7, 11) is 0. The average molecular weight is 316 g/mol. The molecule has 4 heteroatoms. The third-order valence-electron chi connectivity index (χ3n) is 3.88. The Morgan fingerprint density at radius 3 is 1.77 bits per heavy atom. The van der Waals surface area contributed by atoms with Crippen molar-refractivity contribution in [3.63, 3.8) is 0 Å². The molecule has 0 fully saturated rings. The second kappa shape index (κ2) is 16.8. The summed E-state index contributed by atoms with van der Waals surface area (Å²) in [5, 5.41) is 17.6. The molecule has 0 heterocycles. The van der Waals surface area contributed by atoms with E-state index in [0.29, 0.717) is 6.42 Å². The van der Waals surface area contributed by atoms with Gasteiger partial charge in [0.1, 0.15) is 12.7 Å². The van der Waals surface area contributed by atoms with Crippen LogP contribution in [0.3, 0.4) is 0 Å². The molecule has 0 radical (unpaired) electrons. The Morgan fingerprint density at radius 1 is 0.864 bits per heavy atom. The maximum Gasteiger partial charge on any atom is 0.305 e. The number of unbranched alkanes of at least 4 members (excludes halogenated alkanes) is 11. The van der Waals surface area contributed by atoms with Crippen molar-refractivity contribution >= 4 is 5.97 Å². The van der Waals surface area contributed by atoms with Gasteiger partial charge in [0.25, 0.3) is 0 Å². The molecule has 4 nitrogen and oxygen atoms in total. The van der Waals surface area contributed by atoms with Gasteiger partial charge in [-0.1, -0.05) is 77.6 Å². The van der Waals surface area contributed by atoms with Gasteiger partial charge in [-0.05, 0) is 6.42 Å². The lowest BCUT2D eigenvalue weighted by Gasteiger charge is -2.08. The molecule has 0 aromatic rings. The highest BCUT2D eigenvalue weighted by Crippen LogP contribution is 2.12. The zero-order valence-electron chi connectivity index (χ0n) is 14.4. The van der Waals surface area contributed by atoms with Crippen molar-refractivity contribution in [3.8, 4) is 0 Å². The minimum absolute atomic E-state index is 0.104. The van der Waals surface area contributed by atoms with Crippen molar-refractivity contribution in [2.75, 3.05) is 13.2 Å². The van der Waals surface area contributed by atoms with Crippen LogP contribution in [0.2, 0.25) is 0 Å². The highest BCUT2D eigenvalue weighted by Gasteiger charge is 2.07. The van der Waals surface area contributed by atoms with Crippen molar-refractivity contribution in [1.82, 2.24) is 0 Å². The molecule has 0 aromatic heterocycles. The van der Waals surface area contributed by atoms with E-state index in [1.165, 1.54) is 64.2 Å². The Bertz CT molecular complexity index is 243. The quantitative estimate of drug-likeness (QED) is 0.334. The van der Waals surface area contributed by atoms with Crippen LogP contribution >= 0.6 is 0 Å². The van der Waals surface area contributed by atoms with Crippen LogP contribution in [0.25, 0.3) is 0 Å². The smallest absolute Gasteiger partial charge is 0.305 e. The number of hydrogen-bond acceptors (Lipinski definition) is 4. The summed E-state index contributed by atoms with van der Waals surface area (Å²) in [6, 6.07) is 0. The van der Waals surface area contributed by atoms with Crippen molar-refractivity contribution in [2.45, 2.75) is 96.5 Å². The number of esters is 1. The minimum atomic E-state index is -0.953. The standard InChI is InChI=1S/C18H36O4/c1-2-3-4-5-6-7-8-9-10-11-12-13-14-18(21)22-16-17(20)15-19/h17,19-20H,2-16H2,1H3/t17-/m0/s1. The molecule has 0 spiro atoms. The molecule has 0 amide bonds. The highest BCUT2D eigenvalue weighted by atomic mass is 16.5.